The summed E-state index contributed by atoms with van der Waals surface area (Å²) in [4.78, 5) is 0. The third kappa shape index (κ3) is 1.11. The fourth-order valence-electron chi connectivity index (χ4n) is 0.367. The maximum absolute atomic E-state index is 3.94. The van der Waals surface area contributed by atoms with Crippen LogP contribution in [0.2, 0.25) is 0 Å². The van der Waals surface area contributed by atoms with E-state index in [0.717, 1.165) is 9.21 Å². The topological polar surface area (TPSA) is 17.8 Å². The highest BCUT2D eigenvalue weighted by atomic mass is 79.9. The molecule has 43 valence electrons. The van der Waals surface area contributed by atoms with Crippen LogP contribution < -0.4 is 0 Å². The molecular weight excluding hydrogens is 236 g/mol. The van der Waals surface area contributed by atoms with E-state index in [9.17, 15) is 0 Å². The van der Waals surface area contributed by atoms with Gasteiger partial charge in [-0.3, -0.25) is 4.68 Å². The Morgan fingerprint density at radius 1 is 1.62 bits per heavy atom. The Bertz CT molecular complexity index is 174. The minimum Gasteiger partial charge on any atom is -0.260 e. The number of rotatable bonds is 0. The zero-order valence-corrected chi connectivity index (χ0v) is 7.32. The molecule has 0 amide bonds. The van der Waals surface area contributed by atoms with Crippen molar-refractivity contribution in [2.24, 2.45) is 7.05 Å². The monoisotopic (exact) mass is 237 g/mol. The molecule has 0 aliphatic heterocycles. The molecule has 8 heavy (non-hydrogen) atoms. The number of aryl methyl sites for hydroxylation is 1. The van der Waals surface area contributed by atoms with Gasteiger partial charge in [0, 0.05) is 7.05 Å². The number of halogens is 2. The molecule has 1 aromatic rings. The molecule has 0 bridgehead atoms. The molecule has 0 fully saturated rings. The van der Waals surface area contributed by atoms with E-state index in [1.165, 1.54) is 0 Å². The van der Waals surface area contributed by atoms with Crippen molar-refractivity contribution in [1.82, 2.24) is 9.78 Å². The summed E-state index contributed by atoms with van der Waals surface area (Å²) in [5.74, 6) is 0. The van der Waals surface area contributed by atoms with Gasteiger partial charge in [0.1, 0.15) is 9.21 Å². The maximum Gasteiger partial charge on any atom is 0.137 e. The van der Waals surface area contributed by atoms with Crippen molar-refractivity contribution in [2.45, 2.75) is 0 Å². The molecule has 0 unspecified atom stereocenters. The van der Waals surface area contributed by atoms with E-state index in [0.29, 0.717) is 0 Å². The predicted molar refractivity (Wildman–Crippen MR) is 37.4 cm³/mol. The highest BCUT2D eigenvalue weighted by Gasteiger charge is 1.96. The molecular formula is C4H3Br2N2. The molecule has 0 saturated carbocycles. The summed E-state index contributed by atoms with van der Waals surface area (Å²) >= 11 is 6.40. The highest BCUT2D eigenvalue weighted by molar-refractivity contribution is 9.11. The second-order valence-corrected chi connectivity index (χ2v) is 2.83. The lowest BCUT2D eigenvalue weighted by molar-refractivity contribution is 0.743. The van der Waals surface area contributed by atoms with E-state index in [4.69, 9.17) is 0 Å². The second-order valence-electron chi connectivity index (χ2n) is 1.33. The summed E-state index contributed by atoms with van der Waals surface area (Å²) in [7, 11) is 1.84. The van der Waals surface area contributed by atoms with Crippen molar-refractivity contribution in [3.8, 4) is 0 Å². The first-order valence-corrected chi connectivity index (χ1v) is 3.56. The number of aromatic nitrogens is 2. The molecule has 2 nitrogen and oxygen atoms in total. The van der Waals surface area contributed by atoms with Crippen molar-refractivity contribution in [1.29, 1.82) is 0 Å². The predicted octanol–water partition coefficient (Wildman–Crippen LogP) is 1.75. The van der Waals surface area contributed by atoms with E-state index in [-0.39, 0.29) is 0 Å². The summed E-state index contributed by atoms with van der Waals surface area (Å²) in [6, 6.07) is 2.89. The smallest absolute Gasteiger partial charge is 0.137 e. The Kier molecular flexibility index (Phi) is 1.72. The van der Waals surface area contributed by atoms with Gasteiger partial charge >= 0.3 is 0 Å². The Morgan fingerprint density at radius 3 is 2.38 bits per heavy atom. The first-order chi connectivity index (χ1) is 3.70. The van der Waals surface area contributed by atoms with Gasteiger partial charge < -0.3 is 0 Å². The lowest BCUT2D eigenvalue weighted by atomic mass is 10.8. The van der Waals surface area contributed by atoms with Crippen molar-refractivity contribution in [2.75, 3.05) is 0 Å². The fraction of sp³-hybridized carbons (Fsp3) is 0.250. The maximum atomic E-state index is 3.94. The Balaban J connectivity index is 3.14. The van der Waals surface area contributed by atoms with Crippen LogP contribution >= 0.6 is 31.9 Å². The summed E-state index contributed by atoms with van der Waals surface area (Å²) in [6.07, 6.45) is 0. The molecule has 0 aromatic carbocycles. The van der Waals surface area contributed by atoms with Crippen LogP contribution in [0.3, 0.4) is 0 Å². The first-order valence-electron chi connectivity index (χ1n) is 1.97. The molecule has 0 N–H and O–H groups in total. The van der Waals surface area contributed by atoms with E-state index in [1.54, 1.807) is 4.68 Å². The standard InChI is InChI=1S/C4H3Br2N2/c1-8-4(6)2-3(5)7-8/h1H3. The van der Waals surface area contributed by atoms with Crippen molar-refractivity contribution < 1.29 is 0 Å². The number of nitrogens with zero attached hydrogens (tertiary/aromatic N) is 2. The summed E-state index contributed by atoms with van der Waals surface area (Å²) in [5, 5.41) is 3.94. The molecule has 0 spiro atoms. The van der Waals surface area contributed by atoms with Gasteiger partial charge in [-0.15, -0.1) is 0 Å². The quantitative estimate of drug-likeness (QED) is 0.674. The van der Waals surface area contributed by atoms with Crippen LogP contribution in [0.15, 0.2) is 9.21 Å². The van der Waals surface area contributed by atoms with Crippen LogP contribution in [-0.2, 0) is 7.05 Å². The molecule has 1 aromatic heterocycles. The van der Waals surface area contributed by atoms with E-state index in [1.807, 2.05) is 7.05 Å². The molecule has 0 atom stereocenters. The molecule has 4 heteroatoms. The average molecular weight is 239 g/mol. The fourth-order valence-corrected chi connectivity index (χ4v) is 1.33. The van der Waals surface area contributed by atoms with Gasteiger partial charge in [-0.25, -0.2) is 0 Å². The number of hydrogen-bond donors (Lipinski definition) is 0. The van der Waals surface area contributed by atoms with Gasteiger partial charge in [0.2, 0.25) is 0 Å². The molecule has 0 saturated heterocycles. The molecule has 1 heterocycles. The van der Waals surface area contributed by atoms with Crippen molar-refractivity contribution in [3.63, 3.8) is 0 Å². The largest absolute Gasteiger partial charge is 0.260 e. The molecule has 1 rings (SSSR count). The lowest BCUT2D eigenvalue weighted by Crippen LogP contribution is -1.88. The Hall–Kier alpha value is 0.170. The minimum absolute atomic E-state index is 0.729. The second kappa shape index (κ2) is 2.19. The van der Waals surface area contributed by atoms with Crippen LogP contribution in [0.25, 0.3) is 0 Å². The third-order valence-corrected chi connectivity index (χ3v) is 1.80. The van der Waals surface area contributed by atoms with Crippen molar-refractivity contribution >= 4 is 31.9 Å². The average Bonchev–Trinajstić information content (AvgIpc) is 1.85. The Labute approximate surface area is 64.1 Å². The summed E-state index contributed by atoms with van der Waals surface area (Å²) < 4.78 is 3.26. The Morgan fingerprint density at radius 2 is 2.25 bits per heavy atom. The van der Waals surface area contributed by atoms with Crippen LogP contribution in [0, 0.1) is 6.07 Å². The molecule has 0 aliphatic rings. The summed E-state index contributed by atoms with van der Waals surface area (Å²) in [5.41, 5.74) is 0. The zero-order valence-electron chi connectivity index (χ0n) is 4.15. The first kappa shape index (κ1) is 6.29. The van der Waals surface area contributed by atoms with Gasteiger partial charge in [0.15, 0.2) is 0 Å². The highest BCUT2D eigenvalue weighted by Crippen LogP contribution is 2.12. The third-order valence-electron chi connectivity index (χ3n) is 0.728. The SMILES string of the molecule is Cn1nc(Br)[c]c1Br. The van der Waals surface area contributed by atoms with Crippen LogP contribution in [0.1, 0.15) is 0 Å². The molecule has 1 radical (unpaired) electrons. The van der Waals surface area contributed by atoms with Gasteiger partial charge in [-0.05, 0) is 31.9 Å². The van der Waals surface area contributed by atoms with Gasteiger partial charge in [-0.2, -0.15) is 5.10 Å². The van der Waals surface area contributed by atoms with E-state index < -0.39 is 0 Å². The molecule has 0 aliphatic carbocycles. The minimum atomic E-state index is 0.729. The number of hydrogen-bond acceptors (Lipinski definition) is 1. The van der Waals surface area contributed by atoms with Crippen LogP contribution in [0.5, 0.6) is 0 Å². The van der Waals surface area contributed by atoms with Gasteiger partial charge in [-0.1, -0.05) is 0 Å². The van der Waals surface area contributed by atoms with Crippen LogP contribution in [0.4, 0.5) is 0 Å². The van der Waals surface area contributed by atoms with Crippen LogP contribution in [-0.4, -0.2) is 9.78 Å². The van der Waals surface area contributed by atoms with Gasteiger partial charge in [0.25, 0.3) is 0 Å². The summed E-state index contributed by atoms with van der Waals surface area (Å²) in [6.45, 7) is 0. The normalized spacial score (nSPS) is 9.88. The zero-order chi connectivity index (χ0) is 6.15. The van der Waals surface area contributed by atoms with E-state index in [2.05, 4.69) is 43.0 Å². The van der Waals surface area contributed by atoms with E-state index >= 15 is 0 Å². The van der Waals surface area contributed by atoms with Gasteiger partial charge in [0.05, 0.1) is 6.07 Å². The lowest BCUT2D eigenvalue weighted by Gasteiger charge is -1.85. The van der Waals surface area contributed by atoms with Crippen molar-refractivity contribution in [3.05, 3.63) is 15.3 Å².